The number of rotatable bonds is 7. The molecule has 1 aromatic heterocycles. The maximum atomic E-state index is 11.1. The maximum absolute atomic E-state index is 11.1. The van der Waals surface area contributed by atoms with E-state index in [0.717, 1.165) is 12.1 Å². The van der Waals surface area contributed by atoms with Crippen LogP contribution in [0.3, 0.4) is 0 Å². The van der Waals surface area contributed by atoms with Crippen LogP contribution in [-0.4, -0.2) is 15.0 Å². The van der Waals surface area contributed by atoms with E-state index in [-0.39, 0.29) is 5.24 Å². The summed E-state index contributed by atoms with van der Waals surface area (Å²) in [6.07, 6.45) is 11.0. The number of nitrogens with zero attached hydrogens (tertiary/aromatic N) is 2. The van der Waals surface area contributed by atoms with E-state index in [1.165, 1.54) is 56.2 Å². The van der Waals surface area contributed by atoms with Gasteiger partial charge in [-0.05, 0) is 56.2 Å². The molecule has 25 heavy (non-hydrogen) atoms. The normalized spacial score (nSPS) is 14.2. The Bertz CT molecular complexity index is 476. The molecule has 0 bridgehead atoms. The van der Waals surface area contributed by atoms with Gasteiger partial charge in [0.25, 0.3) is 0 Å². The van der Waals surface area contributed by atoms with E-state index in [1.54, 1.807) is 0 Å². The maximum Gasteiger partial charge on any atom is 0.222 e. The summed E-state index contributed by atoms with van der Waals surface area (Å²) in [6.45, 7) is 12.4. The summed E-state index contributed by atoms with van der Waals surface area (Å²) in [5, 5.41) is 4.60. The average Bonchev–Trinajstić information content (AvgIpc) is 2.98. The van der Waals surface area contributed by atoms with Crippen LogP contribution in [-0.2, 0) is 17.6 Å². The molecule has 0 radical (unpaired) electrons. The highest BCUT2D eigenvalue weighted by molar-refractivity contribution is 6.63. The van der Waals surface area contributed by atoms with E-state index in [0.29, 0.717) is 18.9 Å². The number of carbonyl (C=O) groups excluding carboxylic acids is 1. The fourth-order valence-corrected chi connectivity index (χ4v) is 3.48. The highest BCUT2D eigenvalue weighted by Crippen LogP contribution is 2.31. The highest BCUT2D eigenvalue weighted by atomic mass is 35.5. The monoisotopic (exact) mass is 370 g/mol. The molecule has 0 amide bonds. The van der Waals surface area contributed by atoms with Gasteiger partial charge >= 0.3 is 0 Å². The summed E-state index contributed by atoms with van der Waals surface area (Å²) in [4.78, 5) is 11.1. The standard InChI is InChI=1S/C17H27ClN2O.2C2H6/c1-3-4-10-15-13(2)20(14-8-6-5-7-9-14)19-16(15)11-12-17(18)21;2*1-2/h14H,3-12H2,1-2H3;2*1-2H3. The smallest absolute Gasteiger partial charge is 0.222 e. The van der Waals surface area contributed by atoms with Crippen molar-refractivity contribution in [3.63, 3.8) is 0 Å². The topological polar surface area (TPSA) is 34.9 Å². The molecule has 0 aromatic carbocycles. The summed E-state index contributed by atoms with van der Waals surface area (Å²) in [5.41, 5.74) is 3.77. The van der Waals surface area contributed by atoms with E-state index in [4.69, 9.17) is 16.7 Å². The quantitative estimate of drug-likeness (QED) is 0.495. The molecule has 1 aromatic rings. The van der Waals surface area contributed by atoms with Crippen molar-refractivity contribution >= 4 is 16.8 Å². The first-order chi connectivity index (χ1) is 12.1. The Balaban J connectivity index is 0.00000134. The summed E-state index contributed by atoms with van der Waals surface area (Å²) in [5.74, 6) is 0. The molecule has 4 heteroatoms. The van der Waals surface area contributed by atoms with Crippen molar-refractivity contribution < 1.29 is 4.79 Å². The Morgan fingerprint density at radius 2 is 1.72 bits per heavy atom. The molecule has 0 aliphatic heterocycles. The van der Waals surface area contributed by atoms with Gasteiger partial charge in [0, 0.05) is 12.1 Å². The van der Waals surface area contributed by atoms with Crippen molar-refractivity contribution in [3.8, 4) is 0 Å². The van der Waals surface area contributed by atoms with Gasteiger partial charge in [-0.1, -0.05) is 60.3 Å². The molecule has 0 unspecified atom stereocenters. The van der Waals surface area contributed by atoms with Gasteiger partial charge in [-0.25, -0.2) is 0 Å². The lowest BCUT2D eigenvalue weighted by Crippen LogP contribution is -2.15. The van der Waals surface area contributed by atoms with Gasteiger partial charge in [-0.15, -0.1) is 0 Å². The third-order valence-electron chi connectivity index (χ3n) is 4.62. The summed E-state index contributed by atoms with van der Waals surface area (Å²) in [7, 11) is 0. The third-order valence-corrected chi connectivity index (χ3v) is 4.81. The zero-order chi connectivity index (χ0) is 19.2. The van der Waals surface area contributed by atoms with E-state index in [1.807, 2.05) is 27.7 Å². The zero-order valence-electron chi connectivity index (χ0n) is 17.3. The van der Waals surface area contributed by atoms with E-state index < -0.39 is 0 Å². The molecule has 0 atom stereocenters. The van der Waals surface area contributed by atoms with Gasteiger partial charge in [0.2, 0.25) is 5.24 Å². The molecular weight excluding hydrogens is 332 g/mol. The highest BCUT2D eigenvalue weighted by Gasteiger charge is 2.22. The molecule has 1 fully saturated rings. The number of halogens is 1. The van der Waals surface area contributed by atoms with Gasteiger partial charge in [0.15, 0.2) is 0 Å². The van der Waals surface area contributed by atoms with Crippen LogP contribution in [0.1, 0.15) is 109 Å². The van der Waals surface area contributed by atoms with Gasteiger partial charge in [-0.3, -0.25) is 9.48 Å². The van der Waals surface area contributed by atoms with Crippen LogP contribution in [0.15, 0.2) is 0 Å². The van der Waals surface area contributed by atoms with Crippen LogP contribution in [0, 0.1) is 6.92 Å². The van der Waals surface area contributed by atoms with E-state index in [9.17, 15) is 4.79 Å². The van der Waals surface area contributed by atoms with Gasteiger partial charge < -0.3 is 0 Å². The van der Waals surface area contributed by atoms with Crippen LogP contribution in [0.25, 0.3) is 0 Å². The molecule has 3 nitrogen and oxygen atoms in total. The average molecular weight is 371 g/mol. The minimum Gasteiger partial charge on any atom is -0.281 e. The van der Waals surface area contributed by atoms with Crippen LogP contribution in [0.2, 0.25) is 0 Å². The number of hydrogen-bond acceptors (Lipinski definition) is 2. The first-order valence-corrected chi connectivity index (χ1v) is 10.8. The van der Waals surface area contributed by atoms with Crippen molar-refractivity contribution in [2.24, 2.45) is 0 Å². The molecule has 2 rings (SSSR count). The number of aryl methyl sites for hydroxylation is 1. The Morgan fingerprint density at radius 1 is 1.12 bits per heavy atom. The van der Waals surface area contributed by atoms with Crippen LogP contribution in [0.4, 0.5) is 0 Å². The van der Waals surface area contributed by atoms with Crippen LogP contribution in [0.5, 0.6) is 0 Å². The molecule has 1 aliphatic rings. The molecule has 0 saturated heterocycles. The number of carbonyl (C=O) groups is 1. The predicted octanol–water partition coefficient (Wildman–Crippen LogP) is 6.79. The molecule has 1 aliphatic carbocycles. The van der Waals surface area contributed by atoms with Crippen molar-refractivity contribution in [1.82, 2.24) is 9.78 Å². The first kappa shape index (κ1) is 24.2. The van der Waals surface area contributed by atoms with Crippen molar-refractivity contribution in [3.05, 3.63) is 17.0 Å². The SMILES string of the molecule is CC.CC.CCCCc1c(CCC(=O)Cl)nn(C2CCCCC2)c1C. The lowest BCUT2D eigenvalue weighted by atomic mass is 9.95. The summed E-state index contributed by atoms with van der Waals surface area (Å²) >= 11 is 5.51. The second kappa shape index (κ2) is 14.4. The van der Waals surface area contributed by atoms with E-state index in [2.05, 4.69) is 18.5 Å². The first-order valence-electron chi connectivity index (χ1n) is 10.4. The molecule has 0 spiro atoms. The Hall–Kier alpha value is -0.830. The van der Waals surface area contributed by atoms with Crippen molar-refractivity contribution in [2.45, 2.75) is 112 Å². The molecule has 146 valence electrons. The third kappa shape index (κ3) is 7.94. The fourth-order valence-electron chi connectivity index (χ4n) is 3.39. The van der Waals surface area contributed by atoms with Gasteiger partial charge in [0.05, 0.1) is 11.7 Å². The summed E-state index contributed by atoms with van der Waals surface area (Å²) < 4.78 is 2.25. The number of aromatic nitrogens is 2. The molecular formula is C21H39ClN2O. The Kier molecular flexibility index (Phi) is 13.9. The Morgan fingerprint density at radius 3 is 2.24 bits per heavy atom. The second-order valence-corrected chi connectivity index (χ2v) is 6.63. The molecule has 1 heterocycles. The molecule has 0 N–H and O–H groups in total. The van der Waals surface area contributed by atoms with Crippen LogP contribution < -0.4 is 0 Å². The van der Waals surface area contributed by atoms with Gasteiger partial charge in [-0.2, -0.15) is 5.10 Å². The van der Waals surface area contributed by atoms with E-state index >= 15 is 0 Å². The molecule has 1 saturated carbocycles. The zero-order valence-corrected chi connectivity index (χ0v) is 18.1. The van der Waals surface area contributed by atoms with Crippen molar-refractivity contribution in [1.29, 1.82) is 0 Å². The minimum absolute atomic E-state index is 0.263. The fraction of sp³-hybridized carbons (Fsp3) is 0.810. The van der Waals surface area contributed by atoms with Crippen LogP contribution >= 0.6 is 11.6 Å². The lowest BCUT2D eigenvalue weighted by molar-refractivity contribution is -0.111. The van der Waals surface area contributed by atoms with Crippen molar-refractivity contribution in [2.75, 3.05) is 0 Å². The summed E-state index contributed by atoms with van der Waals surface area (Å²) in [6, 6.07) is 0.555. The number of unbranched alkanes of at least 4 members (excludes halogenated alkanes) is 1. The second-order valence-electron chi connectivity index (χ2n) is 6.21. The lowest BCUT2D eigenvalue weighted by Gasteiger charge is -2.23. The largest absolute Gasteiger partial charge is 0.281 e. The number of hydrogen-bond donors (Lipinski definition) is 0. The predicted molar refractivity (Wildman–Crippen MR) is 110 cm³/mol. The Labute approximate surface area is 160 Å². The minimum atomic E-state index is -0.263. The van der Waals surface area contributed by atoms with Gasteiger partial charge in [0.1, 0.15) is 0 Å².